The van der Waals surface area contributed by atoms with E-state index in [1.165, 1.54) is 25.7 Å². The summed E-state index contributed by atoms with van der Waals surface area (Å²) in [6.07, 6.45) is 10.7. The van der Waals surface area contributed by atoms with Gasteiger partial charge in [0.15, 0.2) is 0 Å². The zero-order valence-electron chi connectivity index (χ0n) is 11.5. The Morgan fingerprint density at radius 2 is 1.18 bits per heavy atom. The van der Waals surface area contributed by atoms with Crippen molar-refractivity contribution in [3.05, 3.63) is 0 Å². The van der Waals surface area contributed by atoms with Crippen molar-refractivity contribution in [1.29, 1.82) is 0 Å². The first-order valence-electron chi connectivity index (χ1n) is 7.19. The van der Waals surface area contributed by atoms with Gasteiger partial charge in [-0.15, -0.1) is 0 Å². The van der Waals surface area contributed by atoms with Crippen molar-refractivity contribution in [2.24, 2.45) is 0 Å². The van der Waals surface area contributed by atoms with Gasteiger partial charge in [0, 0.05) is 0 Å². The summed E-state index contributed by atoms with van der Waals surface area (Å²) < 4.78 is 0. The second kappa shape index (κ2) is 10.3. The minimum atomic E-state index is -3.90. The molecule has 0 saturated heterocycles. The van der Waals surface area contributed by atoms with Gasteiger partial charge in [-0.1, -0.05) is 0 Å². The summed E-state index contributed by atoms with van der Waals surface area (Å²) in [5, 5.41) is 0. The second-order valence-electron chi connectivity index (χ2n) is 5.08. The normalized spacial score (nSPS) is 14.9. The zero-order chi connectivity index (χ0) is 13.1. The fourth-order valence-electron chi connectivity index (χ4n) is 2.15. The maximum absolute atomic E-state index is 9.39. The number of unbranched alkanes of at least 4 members (excludes halogenated alkanes) is 6. The van der Waals surface area contributed by atoms with Gasteiger partial charge in [-0.2, -0.15) is 0 Å². The molecule has 0 aromatic heterocycles. The van der Waals surface area contributed by atoms with Crippen molar-refractivity contribution >= 4 is 7.94 Å². The van der Waals surface area contributed by atoms with Gasteiger partial charge in [0.05, 0.1) is 0 Å². The third-order valence-corrected chi connectivity index (χ3v) is 5.03. The molecule has 3 N–H and O–H groups in total. The van der Waals surface area contributed by atoms with E-state index in [2.05, 4.69) is 13.8 Å². The van der Waals surface area contributed by atoms with E-state index in [4.69, 9.17) is 0 Å². The quantitative estimate of drug-likeness (QED) is 0.394. The Morgan fingerprint density at radius 3 is 1.71 bits per heavy atom. The van der Waals surface area contributed by atoms with Gasteiger partial charge in [0.2, 0.25) is 0 Å². The van der Waals surface area contributed by atoms with Crippen LogP contribution in [-0.2, 0) is 0 Å². The van der Waals surface area contributed by atoms with Crippen LogP contribution in [0.1, 0.15) is 78.1 Å². The van der Waals surface area contributed by atoms with E-state index in [9.17, 15) is 14.7 Å². The molecule has 0 aromatic rings. The molecule has 0 aliphatic carbocycles. The van der Waals surface area contributed by atoms with Gasteiger partial charge in [0.25, 0.3) is 0 Å². The van der Waals surface area contributed by atoms with Crippen LogP contribution in [0.4, 0.5) is 0 Å². The SMILES string of the molecule is CCCCCCCCC(CCCC)[PH](O)(O)O. The Kier molecular flexibility index (Phi) is 10.4. The van der Waals surface area contributed by atoms with E-state index in [0.717, 1.165) is 38.5 Å². The molecule has 3 nitrogen and oxygen atoms in total. The summed E-state index contributed by atoms with van der Waals surface area (Å²) in [5.41, 5.74) is -0.256. The van der Waals surface area contributed by atoms with E-state index in [1.807, 2.05) is 0 Å². The van der Waals surface area contributed by atoms with Crippen molar-refractivity contribution in [2.75, 3.05) is 0 Å². The molecule has 0 heterocycles. The Bertz CT molecular complexity index is 169. The minimum absolute atomic E-state index is 0.256. The maximum atomic E-state index is 9.39. The summed E-state index contributed by atoms with van der Waals surface area (Å²) in [5.74, 6) is 0. The van der Waals surface area contributed by atoms with E-state index in [0.29, 0.717) is 0 Å². The predicted octanol–water partition coefficient (Wildman–Crippen LogP) is 3.77. The summed E-state index contributed by atoms with van der Waals surface area (Å²) >= 11 is 0. The van der Waals surface area contributed by atoms with Crippen LogP contribution >= 0.6 is 7.94 Å². The van der Waals surface area contributed by atoms with Gasteiger partial charge >= 0.3 is 106 Å². The van der Waals surface area contributed by atoms with Gasteiger partial charge in [-0.3, -0.25) is 0 Å². The predicted molar refractivity (Wildman–Crippen MR) is 76.3 cm³/mol. The molecular weight excluding hydrogens is 235 g/mol. The Hall–Kier alpha value is 0.310. The van der Waals surface area contributed by atoms with Gasteiger partial charge in [-0.05, 0) is 0 Å². The van der Waals surface area contributed by atoms with Crippen LogP contribution in [0.15, 0.2) is 0 Å². The third-order valence-electron chi connectivity index (χ3n) is 3.36. The van der Waals surface area contributed by atoms with Crippen molar-refractivity contribution in [2.45, 2.75) is 83.7 Å². The average molecular weight is 266 g/mol. The number of rotatable bonds is 11. The standard InChI is InChI=1S/C13H31O3P/c1-3-5-7-8-9-10-12-13(11-6-4-2)17(14,15)16/h13-17H,3-12H2,1-2H3. The molecule has 0 rings (SSSR count). The molecule has 0 bridgehead atoms. The molecule has 0 saturated carbocycles. The van der Waals surface area contributed by atoms with Crippen LogP contribution in [0.3, 0.4) is 0 Å². The summed E-state index contributed by atoms with van der Waals surface area (Å²) in [7, 11) is -3.90. The van der Waals surface area contributed by atoms with Crippen molar-refractivity contribution in [3.8, 4) is 0 Å². The number of hydrogen-bond donors (Lipinski definition) is 3. The van der Waals surface area contributed by atoms with Gasteiger partial charge < -0.3 is 0 Å². The molecule has 17 heavy (non-hydrogen) atoms. The average Bonchev–Trinajstić information content (AvgIpc) is 2.25. The molecule has 0 aliphatic heterocycles. The first-order chi connectivity index (χ1) is 8.02. The first kappa shape index (κ1) is 17.3. The Morgan fingerprint density at radius 1 is 0.706 bits per heavy atom. The third kappa shape index (κ3) is 9.96. The van der Waals surface area contributed by atoms with Crippen LogP contribution in [0.5, 0.6) is 0 Å². The topological polar surface area (TPSA) is 60.7 Å². The van der Waals surface area contributed by atoms with Gasteiger partial charge in [-0.25, -0.2) is 0 Å². The molecule has 0 amide bonds. The molecule has 1 unspecified atom stereocenters. The number of hydrogen-bond acceptors (Lipinski definition) is 3. The van der Waals surface area contributed by atoms with E-state index in [1.54, 1.807) is 0 Å². The van der Waals surface area contributed by atoms with Crippen LogP contribution in [0.2, 0.25) is 0 Å². The van der Waals surface area contributed by atoms with Crippen LogP contribution in [0.25, 0.3) is 0 Å². The van der Waals surface area contributed by atoms with E-state index >= 15 is 0 Å². The summed E-state index contributed by atoms with van der Waals surface area (Å²) in [4.78, 5) is 28.2. The zero-order valence-corrected chi connectivity index (χ0v) is 12.5. The summed E-state index contributed by atoms with van der Waals surface area (Å²) in [6, 6.07) is 0. The molecule has 0 spiro atoms. The van der Waals surface area contributed by atoms with E-state index < -0.39 is 7.94 Å². The fourth-order valence-corrected chi connectivity index (χ4v) is 3.34. The Labute approximate surface area is 107 Å². The van der Waals surface area contributed by atoms with Crippen molar-refractivity contribution in [3.63, 3.8) is 0 Å². The van der Waals surface area contributed by atoms with E-state index in [-0.39, 0.29) is 5.66 Å². The molecule has 1 atom stereocenters. The van der Waals surface area contributed by atoms with Gasteiger partial charge in [0.1, 0.15) is 0 Å². The molecule has 0 fully saturated rings. The summed E-state index contributed by atoms with van der Waals surface area (Å²) in [6.45, 7) is 4.28. The second-order valence-corrected chi connectivity index (χ2v) is 7.27. The van der Waals surface area contributed by atoms with Crippen LogP contribution in [0, 0.1) is 0 Å². The Balaban J connectivity index is 3.69. The molecule has 4 heteroatoms. The molecule has 106 valence electrons. The molecule has 0 aliphatic rings. The fraction of sp³-hybridized carbons (Fsp3) is 1.00. The molecular formula is C13H31O3P. The van der Waals surface area contributed by atoms with Crippen molar-refractivity contribution in [1.82, 2.24) is 0 Å². The first-order valence-corrected chi connectivity index (χ1v) is 9.11. The molecule has 0 radical (unpaired) electrons. The van der Waals surface area contributed by atoms with Crippen molar-refractivity contribution < 1.29 is 14.7 Å². The van der Waals surface area contributed by atoms with Crippen LogP contribution < -0.4 is 0 Å². The van der Waals surface area contributed by atoms with Crippen LogP contribution in [-0.4, -0.2) is 20.3 Å². The monoisotopic (exact) mass is 266 g/mol. The molecule has 0 aromatic carbocycles.